The van der Waals surface area contributed by atoms with Gasteiger partial charge in [-0.25, -0.2) is 4.98 Å². The van der Waals surface area contributed by atoms with Crippen LogP contribution >= 0.6 is 0 Å². The summed E-state index contributed by atoms with van der Waals surface area (Å²) in [5.74, 6) is 1.71. The lowest BCUT2D eigenvalue weighted by Gasteiger charge is -2.01. The second-order valence-electron chi connectivity index (χ2n) is 4.74. The van der Waals surface area contributed by atoms with Gasteiger partial charge >= 0.3 is 0 Å². The fourth-order valence-electron chi connectivity index (χ4n) is 2.10. The Balaban J connectivity index is 1.91. The normalized spacial score (nSPS) is 10.5. The summed E-state index contributed by atoms with van der Waals surface area (Å²) in [5.41, 5.74) is 4.46. The fraction of sp³-hybridized carbons (Fsp3) is 0.118. The van der Waals surface area contributed by atoms with E-state index in [0.717, 1.165) is 28.4 Å². The Labute approximate surface area is 118 Å². The van der Waals surface area contributed by atoms with Gasteiger partial charge in [-0.15, -0.1) is 0 Å². The van der Waals surface area contributed by atoms with Gasteiger partial charge in [0.1, 0.15) is 11.6 Å². The maximum absolute atomic E-state index is 5.16. The molecule has 0 radical (unpaired) electrons. The van der Waals surface area contributed by atoms with Crippen molar-refractivity contribution in [3.05, 3.63) is 60.3 Å². The highest BCUT2D eigenvalue weighted by molar-refractivity contribution is 5.64. The summed E-state index contributed by atoms with van der Waals surface area (Å²) in [6, 6.07) is 16.3. The molecular weight excluding hydrogens is 248 g/mol. The molecule has 3 rings (SSSR count). The Morgan fingerprint density at radius 1 is 0.900 bits per heavy atom. The van der Waals surface area contributed by atoms with E-state index in [1.807, 2.05) is 30.5 Å². The van der Waals surface area contributed by atoms with Crippen LogP contribution in [0.25, 0.3) is 22.6 Å². The molecule has 0 aliphatic rings. The SMILES string of the molecule is COc1ccc(-c2ncc(-c3ccc(C)cc3)[nH]2)cc1. The molecule has 1 aromatic heterocycles. The zero-order valence-corrected chi connectivity index (χ0v) is 11.6. The van der Waals surface area contributed by atoms with Crippen LogP contribution in [0, 0.1) is 6.92 Å². The molecule has 3 nitrogen and oxygen atoms in total. The molecular formula is C17H16N2O. The average Bonchev–Trinajstić information content (AvgIpc) is 2.98. The molecule has 0 aliphatic carbocycles. The van der Waals surface area contributed by atoms with E-state index < -0.39 is 0 Å². The van der Waals surface area contributed by atoms with Crippen LogP contribution in [0.5, 0.6) is 5.75 Å². The lowest BCUT2D eigenvalue weighted by Crippen LogP contribution is -1.84. The third kappa shape index (κ3) is 2.43. The van der Waals surface area contributed by atoms with Crippen LogP contribution in [0.3, 0.4) is 0 Å². The number of nitrogens with zero attached hydrogens (tertiary/aromatic N) is 1. The number of hydrogen-bond donors (Lipinski definition) is 1. The van der Waals surface area contributed by atoms with Gasteiger partial charge in [-0.05, 0) is 36.8 Å². The Bertz CT molecular complexity index is 697. The van der Waals surface area contributed by atoms with Gasteiger partial charge in [-0.3, -0.25) is 0 Å². The van der Waals surface area contributed by atoms with Gasteiger partial charge in [0.25, 0.3) is 0 Å². The van der Waals surface area contributed by atoms with Gasteiger partial charge in [0.05, 0.1) is 19.0 Å². The standard InChI is InChI=1S/C17H16N2O/c1-12-3-5-13(6-4-12)16-11-18-17(19-16)14-7-9-15(20-2)10-8-14/h3-11H,1-2H3,(H,18,19). The van der Waals surface area contributed by atoms with Crippen molar-refractivity contribution in [1.82, 2.24) is 9.97 Å². The third-order valence-corrected chi connectivity index (χ3v) is 3.30. The quantitative estimate of drug-likeness (QED) is 0.774. The van der Waals surface area contributed by atoms with Crippen molar-refractivity contribution in [3.8, 4) is 28.4 Å². The topological polar surface area (TPSA) is 37.9 Å². The van der Waals surface area contributed by atoms with Gasteiger partial charge in [0.15, 0.2) is 0 Å². The van der Waals surface area contributed by atoms with Crippen molar-refractivity contribution in [2.24, 2.45) is 0 Å². The number of rotatable bonds is 3. The summed E-state index contributed by atoms with van der Waals surface area (Å²) in [6.45, 7) is 2.08. The molecule has 0 atom stereocenters. The fourth-order valence-corrected chi connectivity index (χ4v) is 2.10. The van der Waals surface area contributed by atoms with Gasteiger partial charge in [0, 0.05) is 5.56 Å². The minimum absolute atomic E-state index is 0.846. The summed E-state index contributed by atoms with van der Waals surface area (Å²) in [5, 5.41) is 0. The van der Waals surface area contributed by atoms with Crippen LogP contribution in [0.15, 0.2) is 54.7 Å². The highest BCUT2D eigenvalue weighted by Gasteiger charge is 2.05. The number of hydrogen-bond acceptors (Lipinski definition) is 2. The molecule has 1 heterocycles. The highest BCUT2D eigenvalue weighted by atomic mass is 16.5. The Kier molecular flexibility index (Phi) is 3.25. The predicted octanol–water partition coefficient (Wildman–Crippen LogP) is 4.06. The zero-order chi connectivity index (χ0) is 13.9. The molecule has 0 saturated carbocycles. The Hall–Kier alpha value is -2.55. The van der Waals surface area contributed by atoms with E-state index in [1.54, 1.807) is 7.11 Å². The van der Waals surface area contributed by atoms with Crippen LogP contribution < -0.4 is 4.74 Å². The molecule has 20 heavy (non-hydrogen) atoms. The second kappa shape index (κ2) is 5.21. The van der Waals surface area contributed by atoms with E-state index in [-0.39, 0.29) is 0 Å². The third-order valence-electron chi connectivity index (χ3n) is 3.30. The first-order valence-corrected chi connectivity index (χ1v) is 6.53. The number of methoxy groups -OCH3 is 1. The number of ether oxygens (including phenoxy) is 1. The Morgan fingerprint density at radius 3 is 2.20 bits per heavy atom. The first-order chi connectivity index (χ1) is 9.76. The van der Waals surface area contributed by atoms with E-state index in [1.165, 1.54) is 5.56 Å². The van der Waals surface area contributed by atoms with E-state index in [4.69, 9.17) is 4.74 Å². The molecule has 0 unspecified atom stereocenters. The van der Waals surface area contributed by atoms with E-state index in [0.29, 0.717) is 0 Å². The van der Waals surface area contributed by atoms with Gasteiger partial charge in [-0.1, -0.05) is 29.8 Å². The predicted molar refractivity (Wildman–Crippen MR) is 80.7 cm³/mol. The van der Waals surface area contributed by atoms with Gasteiger partial charge in [0.2, 0.25) is 0 Å². The zero-order valence-electron chi connectivity index (χ0n) is 11.6. The monoisotopic (exact) mass is 264 g/mol. The van der Waals surface area contributed by atoms with Crippen LogP contribution in [-0.4, -0.2) is 17.1 Å². The summed E-state index contributed by atoms with van der Waals surface area (Å²) in [7, 11) is 1.66. The second-order valence-corrected chi connectivity index (χ2v) is 4.74. The van der Waals surface area contributed by atoms with Crippen molar-refractivity contribution in [2.45, 2.75) is 6.92 Å². The van der Waals surface area contributed by atoms with Gasteiger partial charge in [-0.2, -0.15) is 0 Å². The minimum atomic E-state index is 0.846. The first-order valence-electron chi connectivity index (χ1n) is 6.53. The maximum Gasteiger partial charge on any atom is 0.137 e. The maximum atomic E-state index is 5.16. The number of aromatic amines is 1. The number of H-pyrrole nitrogens is 1. The number of imidazole rings is 1. The van der Waals surface area contributed by atoms with E-state index in [9.17, 15) is 0 Å². The molecule has 0 aliphatic heterocycles. The number of aryl methyl sites for hydroxylation is 1. The summed E-state index contributed by atoms with van der Waals surface area (Å²) in [6.07, 6.45) is 1.87. The number of benzene rings is 2. The lowest BCUT2D eigenvalue weighted by molar-refractivity contribution is 0.415. The molecule has 0 amide bonds. The molecule has 1 N–H and O–H groups in total. The van der Waals surface area contributed by atoms with Crippen molar-refractivity contribution < 1.29 is 4.74 Å². The van der Waals surface area contributed by atoms with Crippen molar-refractivity contribution in [2.75, 3.05) is 7.11 Å². The smallest absolute Gasteiger partial charge is 0.137 e. The Morgan fingerprint density at radius 2 is 1.55 bits per heavy atom. The van der Waals surface area contributed by atoms with Crippen LogP contribution in [0.1, 0.15) is 5.56 Å². The minimum Gasteiger partial charge on any atom is -0.497 e. The summed E-state index contributed by atoms with van der Waals surface area (Å²) >= 11 is 0. The molecule has 3 heteroatoms. The molecule has 0 saturated heterocycles. The van der Waals surface area contributed by atoms with Crippen molar-refractivity contribution >= 4 is 0 Å². The van der Waals surface area contributed by atoms with E-state index in [2.05, 4.69) is 41.2 Å². The van der Waals surface area contributed by atoms with Crippen molar-refractivity contribution in [3.63, 3.8) is 0 Å². The summed E-state index contributed by atoms with van der Waals surface area (Å²) < 4.78 is 5.16. The molecule has 0 fully saturated rings. The van der Waals surface area contributed by atoms with Gasteiger partial charge < -0.3 is 9.72 Å². The molecule has 3 aromatic rings. The molecule has 100 valence electrons. The highest BCUT2D eigenvalue weighted by Crippen LogP contribution is 2.23. The largest absolute Gasteiger partial charge is 0.497 e. The number of aromatic nitrogens is 2. The van der Waals surface area contributed by atoms with Crippen LogP contribution in [-0.2, 0) is 0 Å². The van der Waals surface area contributed by atoms with Crippen LogP contribution in [0.2, 0.25) is 0 Å². The first kappa shape index (κ1) is 12.5. The van der Waals surface area contributed by atoms with Crippen molar-refractivity contribution in [1.29, 1.82) is 0 Å². The molecule has 2 aromatic carbocycles. The molecule has 0 spiro atoms. The lowest BCUT2D eigenvalue weighted by atomic mass is 10.1. The average molecular weight is 264 g/mol. The molecule has 0 bridgehead atoms. The number of nitrogens with one attached hydrogen (secondary N) is 1. The van der Waals surface area contributed by atoms with E-state index >= 15 is 0 Å². The summed E-state index contributed by atoms with van der Waals surface area (Å²) in [4.78, 5) is 7.80. The van der Waals surface area contributed by atoms with Crippen LogP contribution in [0.4, 0.5) is 0 Å².